The number of halogens is 1. The van der Waals surface area contributed by atoms with Crippen LogP contribution in [0.3, 0.4) is 0 Å². The zero-order valence-corrected chi connectivity index (χ0v) is 15.9. The second-order valence-electron chi connectivity index (χ2n) is 6.38. The van der Waals surface area contributed by atoms with Crippen molar-refractivity contribution in [3.63, 3.8) is 0 Å². The summed E-state index contributed by atoms with van der Waals surface area (Å²) in [6.07, 6.45) is 4.28. The summed E-state index contributed by atoms with van der Waals surface area (Å²) in [7, 11) is 3.51. The Morgan fingerprint density at radius 3 is 2.85 bits per heavy atom. The molecule has 1 fully saturated rings. The van der Waals surface area contributed by atoms with E-state index in [1.54, 1.807) is 42.0 Å². The smallest absolute Gasteiger partial charge is 0.311 e. The van der Waals surface area contributed by atoms with E-state index < -0.39 is 5.92 Å². The lowest BCUT2D eigenvalue weighted by Gasteiger charge is -2.37. The molecular formula is C17H21ClN6O3. The summed E-state index contributed by atoms with van der Waals surface area (Å²) in [6.45, 7) is 0.568. The number of nitrogens with one attached hydrogen (secondary N) is 1. The van der Waals surface area contributed by atoms with Gasteiger partial charge in [0, 0.05) is 32.3 Å². The highest BCUT2D eigenvalue weighted by Crippen LogP contribution is 2.36. The zero-order valence-electron chi connectivity index (χ0n) is 15.1. The Bertz CT molecular complexity index is 809. The van der Waals surface area contributed by atoms with Crippen LogP contribution in [-0.2, 0) is 21.4 Å². The van der Waals surface area contributed by atoms with Crippen molar-refractivity contribution in [2.45, 2.75) is 18.9 Å². The molecule has 9 nitrogen and oxygen atoms in total. The van der Waals surface area contributed by atoms with Gasteiger partial charge >= 0.3 is 5.97 Å². The molecule has 0 bridgehead atoms. The monoisotopic (exact) mass is 392 g/mol. The molecule has 1 amide bonds. The Morgan fingerprint density at radius 2 is 2.19 bits per heavy atom. The van der Waals surface area contributed by atoms with E-state index in [1.807, 2.05) is 6.20 Å². The standard InChI is InChI=1S/C17H21ClN6O3/c1-23-10-11(9-20-23)16-12(3-6-15(25)24(16)2)17(26)27-8-7-19-14-5-4-13(18)21-22-14/h4-5,9-10,12,16H,3,6-8H2,1-2H3,(H,19,22). The number of hydrogen-bond acceptors (Lipinski definition) is 7. The molecule has 144 valence electrons. The van der Waals surface area contributed by atoms with Crippen molar-refractivity contribution >= 4 is 29.3 Å². The van der Waals surface area contributed by atoms with Gasteiger partial charge in [-0.1, -0.05) is 11.6 Å². The minimum absolute atomic E-state index is 0.0101. The third kappa shape index (κ3) is 4.54. The van der Waals surface area contributed by atoms with Crippen LogP contribution in [0.1, 0.15) is 24.4 Å². The van der Waals surface area contributed by atoms with Gasteiger partial charge in [0.15, 0.2) is 5.15 Å². The molecule has 2 unspecified atom stereocenters. The Kier molecular flexibility index (Phi) is 5.90. The van der Waals surface area contributed by atoms with Crippen LogP contribution < -0.4 is 5.32 Å². The maximum absolute atomic E-state index is 12.6. The third-order valence-corrected chi connectivity index (χ3v) is 4.72. The van der Waals surface area contributed by atoms with Gasteiger partial charge < -0.3 is 15.0 Å². The van der Waals surface area contributed by atoms with Crippen molar-refractivity contribution in [1.82, 2.24) is 24.9 Å². The molecule has 0 radical (unpaired) electrons. The summed E-state index contributed by atoms with van der Waals surface area (Å²) in [6, 6.07) is 2.94. The van der Waals surface area contributed by atoms with E-state index in [4.69, 9.17) is 16.3 Å². The molecule has 1 N–H and O–H groups in total. The lowest BCUT2D eigenvalue weighted by Crippen LogP contribution is -2.43. The number of amides is 1. The van der Waals surface area contributed by atoms with Crippen LogP contribution in [0, 0.1) is 5.92 Å². The van der Waals surface area contributed by atoms with Gasteiger partial charge in [0.1, 0.15) is 12.4 Å². The van der Waals surface area contributed by atoms with Crippen LogP contribution in [0.4, 0.5) is 5.82 Å². The minimum Gasteiger partial charge on any atom is -0.464 e. The molecule has 10 heteroatoms. The first-order chi connectivity index (χ1) is 13.0. The predicted octanol–water partition coefficient (Wildman–Crippen LogP) is 1.43. The van der Waals surface area contributed by atoms with Gasteiger partial charge in [-0.3, -0.25) is 14.3 Å². The number of anilines is 1. The van der Waals surface area contributed by atoms with Crippen LogP contribution in [-0.4, -0.2) is 57.0 Å². The number of carbonyl (C=O) groups excluding carboxylic acids is 2. The average molecular weight is 393 g/mol. The quantitative estimate of drug-likeness (QED) is 0.586. The Labute approximate surface area is 161 Å². The van der Waals surface area contributed by atoms with Gasteiger partial charge in [0.2, 0.25) is 5.91 Å². The first-order valence-corrected chi connectivity index (χ1v) is 8.97. The van der Waals surface area contributed by atoms with E-state index in [0.29, 0.717) is 30.4 Å². The topological polar surface area (TPSA) is 102 Å². The largest absolute Gasteiger partial charge is 0.464 e. The van der Waals surface area contributed by atoms with Crippen LogP contribution in [0.2, 0.25) is 5.15 Å². The van der Waals surface area contributed by atoms with Crippen LogP contribution >= 0.6 is 11.6 Å². The number of aromatic nitrogens is 4. The van der Waals surface area contributed by atoms with Gasteiger partial charge in [-0.05, 0) is 18.6 Å². The summed E-state index contributed by atoms with van der Waals surface area (Å²) >= 11 is 5.68. The van der Waals surface area contributed by atoms with Crippen molar-refractivity contribution in [3.8, 4) is 0 Å². The summed E-state index contributed by atoms with van der Waals surface area (Å²) in [4.78, 5) is 26.3. The number of aryl methyl sites for hydroxylation is 1. The van der Waals surface area contributed by atoms with Crippen molar-refractivity contribution in [1.29, 1.82) is 0 Å². The Balaban J connectivity index is 1.58. The molecule has 1 aliphatic rings. The predicted molar refractivity (Wildman–Crippen MR) is 97.9 cm³/mol. The lowest BCUT2D eigenvalue weighted by atomic mass is 9.86. The van der Waals surface area contributed by atoms with E-state index in [0.717, 1.165) is 5.56 Å². The van der Waals surface area contributed by atoms with Crippen LogP contribution in [0.5, 0.6) is 0 Å². The fourth-order valence-electron chi connectivity index (χ4n) is 3.18. The van der Waals surface area contributed by atoms with Crippen molar-refractivity contribution in [3.05, 3.63) is 35.2 Å². The van der Waals surface area contributed by atoms with Crippen molar-refractivity contribution in [2.75, 3.05) is 25.5 Å². The highest BCUT2D eigenvalue weighted by molar-refractivity contribution is 6.29. The molecule has 1 saturated heterocycles. The number of rotatable bonds is 6. The van der Waals surface area contributed by atoms with Gasteiger partial charge in [-0.2, -0.15) is 5.10 Å². The zero-order chi connectivity index (χ0) is 19.4. The maximum Gasteiger partial charge on any atom is 0.311 e. The number of nitrogens with zero attached hydrogens (tertiary/aromatic N) is 5. The summed E-state index contributed by atoms with van der Waals surface area (Å²) < 4.78 is 7.08. The number of ether oxygens (including phenoxy) is 1. The van der Waals surface area contributed by atoms with E-state index >= 15 is 0 Å². The number of likely N-dealkylation sites (tertiary alicyclic amines) is 1. The maximum atomic E-state index is 12.6. The Morgan fingerprint density at radius 1 is 1.37 bits per heavy atom. The molecule has 0 spiro atoms. The lowest BCUT2D eigenvalue weighted by molar-refractivity contribution is -0.155. The SMILES string of the molecule is CN1C(=O)CCC(C(=O)OCCNc2ccc(Cl)nn2)C1c1cnn(C)c1. The van der Waals surface area contributed by atoms with E-state index in [-0.39, 0.29) is 24.5 Å². The molecule has 0 saturated carbocycles. The van der Waals surface area contributed by atoms with E-state index in [9.17, 15) is 9.59 Å². The fourth-order valence-corrected chi connectivity index (χ4v) is 3.28. The van der Waals surface area contributed by atoms with Crippen LogP contribution in [0.25, 0.3) is 0 Å². The molecule has 2 aromatic heterocycles. The van der Waals surface area contributed by atoms with Gasteiger partial charge in [-0.25, -0.2) is 0 Å². The molecular weight excluding hydrogens is 372 g/mol. The van der Waals surface area contributed by atoms with Gasteiger partial charge in [0.05, 0.1) is 24.7 Å². The normalized spacial score (nSPS) is 19.8. The summed E-state index contributed by atoms with van der Waals surface area (Å²) in [5, 5.41) is 15.1. The highest BCUT2D eigenvalue weighted by Gasteiger charge is 2.40. The molecule has 1 aliphatic heterocycles. The van der Waals surface area contributed by atoms with Crippen molar-refractivity contribution < 1.29 is 14.3 Å². The third-order valence-electron chi connectivity index (χ3n) is 4.51. The molecule has 0 aliphatic carbocycles. The molecule has 2 aromatic rings. The molecule has 0 aromatic carbocycles. The van der Waals surface area contributed by atoms with E-state index in [2.05, 4.69) is 20.6 Å². The highest BCUT2D eigenvalue weighted by atomic mass is 35.5. The average Bonchev–Trinajstić information content (AvgIpc) is 3.08. The molecule has 3 heterocycles. The van der Waals surface area contributed by atoms with Crippen LogP contribution in [0.15, 0.2) is 24.5 Å². The van der Waals surface area contributed by atoms with Gasteiger partial charge in [-0.15, -0.1) is 10.2 Å². The second kappa shape index (κ2) is 8.34. The molecule has 2 atom stereocenters. The molecule has 3 rings (SSSR count). The summed E-state index contributed by atoms with van der Waals surface area (Å²) in [5.74, 6) is -0.193. The first kappa shape index (κ1) is 19.1. The number of esters is 1. The fraction of sp³-hybridized carbons (Fsp3) is 0.471. The van der Waals surface area contributed by atoms with E-state index in [1.165, 1.54) is 0 Å². The minimum atomic E-state index is -0.424. The van der Waals surface area contributed by atoms with Gasteiger partial charge in [0.25, 0.3) is 0 Å². The van der Waals surface area contributed by atoms with Crippen molar-refractivity contribution in [2.24, 2.45) is 13.0 Å². The first-order valence-electron chi connectivity index (χ1n) is 8.59. The number of hydrogen-bond donors (Lipinski definition) is 1. The Hall–Kier alpha value is -2.68. The molecule has 27 heavy (non-hydrogen) atoms. The number of piperidine rings is 1. The number of carbonyl (C=O) groups is 2. The summed E-state index contributed by atoms with van der Waals surface area (Å²) in [5.41, 5.74) is 0.824. The second-order valence-corrected chi connectivity index (χ2v) is 6.76.